The molecule has 0 saturated carbocycles. The second-order valence-corrected chi connectivity index (χ2v) is 3.95. The van der Waals surface area contributed by atoms with Gasteiger partial charge in [-0.15, -0.1) is 0 Å². The van der Waals surface area contributed by atoms with E-state index in [2.05, 4.69) is 22.7 Å². The number of aromatic nitrogens is 2. The van der Waals surface area contributed by atoms with Gasteiger partial charge in [0.05, 0.1) is 25.0 Å². The number of anilines is 1. The number of nitrogens with one attached hydrogen (secondary N) is 2. The second-order valence-electron chi connectivity index (χ2n) is 3.95. The Balaban J connectivity index is 2.44. The Morgan fingerprint density at radius 1 is 1.39 bits per heavy atom. The topological polar surface area (TPSA) is 68.2 Å². The lowest BCUT2D eigenvalue weighted by molar-refractivity contribution is 0.123. The molecular weight excluding hydrogens is 232 g/mol. The maximum absolute atomic E-state index is 11.7. The van der Waals surface area contributed by atoms with Crippen molar-refractivity contribution in [2.45, 2.75) is 19.9 Å². The number of hydrogen-bond donors (Lipinski definition) is 2. The quantitative estimate of drug-likeness (QED) is 0.620. The first-order chi connectivity index (χ1) is 8.77. The van der Waals surface area contributed by atoms with Crippen LogP contribution in [0.3, 0.4) is 0 Å². The van der Waals surface area contributed by atoms with Crippen LogP contribution in [0.5, 0.6) is 0 Å². The van der Waals surface area contributed by atoms with Crippen LogP contribution in [0, 0.1) is 0 Å². The van der Waals surface area contributed by atoms with E-state index in [1.165, 1.54) is 4.68 Å². The van der Waals surface area contributed by atoms with Crippen molar-refractivity contribution in [2.75, 3.05) is 38.7 Å². The fourth-order valence-corrected chi connectivity index (χ4v) is 1.43. The van der Waals surface area contributed by atoms with Gasteiger partial charge in [-0.3, -0.25) is 4.79 Å². The first-order valence-corrected chi connectivity index (χ1v) is 6.31. The van der Waals surface area contributed by atoms with Crippen molar-refractivity contribution in [1.82, 2.24) is 15.1 Å². The Morgan fingerprint density at radius 3 is 2.89 bits per heavy atom. The van der Waals surface area contributed by atoms with E-state index in [9.17, 15) is 4.79 Å². The lowest BCUT2D eigenvalue weighted by Crippen LogP contribution is -2.25. The number of ether oxygens (including phenoxy) is 1. The fourth-order valence-electron chi connectivity index (χ4n) is 1.43. The molecule has 0 atom stereocenters. The smallest absolute Gasteiger partial charge is 0.268 e. The molecule has 1 rings (SSSR count). The third kappa shape index (κ3) is 5.29. The van der Waals surface area contributed by atoms with Crippen LogP contribution in [0.25, 0.3) is 0 Å². The van der Waals surface area contributed by atoms with Gasteiger partial charge in [0.15, 0.2) is 0 Å². The first kappa shape index (κ1) is 14.7. The average Bonchev–Trinajstić information content (AvgIpc) is 2.37. The van der Waals surface area contributed by atoms with Gasteiger partial charge >= 0.3 is 0 Å². The standard InChI is InChI=1S/C12H22N4O2/c1-3-7-18-8-6-16-12(17)9-11(10-15-16)14-5-4-13-2/h9-10,13-14H,3-8H2,1-2H3. The number of nitrogens with zero attached hydrogens (tertiary/aromatic N) is 2. The van der Waals surface area contributed by atoms with Crippen molar-refractivity contribution in [3.8, 4) is 0 Å². The van der Waals surface area contributed by atoms with Gasteiger partial charge in [-0.2, -0.15) is 5.10 Å². The molecule has 1 aromatic rings. The highest BCUT2D eigenvalue weighted by atomic mass is 16.5. The van der Waals surface area contributed by atoms with Crippen molar-refractivity contribution in [1.29, 1.82) is 0 Å². The Labute approximate surface area is 107 Å². The summed E-state index contributed by atoms with van der Waals surface area (Å²) < 4.78 is 6.74. The van der Waals surface area contributed by atoms with Gasteiger partial charge in [-0.05, 0) is 13.5 Å². The molecule has 0 aliphatic heterocycles. The first-order valence-electron chi connectivity index (χ1n) is 6.31. The molecule has 0 aromatic carbocycles. The van der Waals surface area contributed by atoms with Gasteiger partial charge in [0.2, 0.25) is 0 Å². The largest absolute Gasteiger partial charge is 0.382 e. The lowest BCUT2D eigenvalue weighted by Gasteiger charge is -2.08. The van der Waals surface area contributed by atoms with Crippen molar-refractivity contribution < 1.29 is 4.74 Å². The number of rotatable bonds is 9. The third-order valence-corrected chi connectivity index (χ3v) is 2.37. The molecule has 0 amide bonds. The van der Waals surface area contributed by atoms with Gasteiger partial charge in [0, 0.05) is 25.8 Å². The van der Waals surface area contributed by atoms with Gasteiger partial charge in [0.1, 0.15) is 0 Å². The summed E-state index contributed by atoms with van der Waals surface area (Å²) in [5, 5.41) is 10.2. The van der Waals surface area contributed by atoms with Gasteiger partial charge in [-0.25, -0.2) is 4.68 Å². The van der Waals surface area contributed by atoms with Crippen molar-refractivity contribution in [3.63, 3.8) is 0 Å². The summed E-state index contributed by atoms with van der Waals surface area (Å²) in [4.78, 5) is 11.7. The summed E-state index contributed by atoms with van der Waals surface area (Å²) in [6.07, 6.45) is 2.65. The molecule has 6 heteroatoms. The van der Waals surface area contributed by atoms with Crippen LogP contribution in [0.2, 0.25) is 0 Å². The van der Waals surface area contributed by atoms with Gasteiger partial charge in [0.25, 0.3) is 5.56 Å². The molecule has 0 bridgehead atoms. The molecule has 1 aromatic heterocycles. The molecule has 0 aliphatic rings. The predicted molar refractivity (Wildman–Crippen MR) is 72.0 cm³/mol. The molecule has 0 radical (unpaired) electrons. The van der Waals surface area contributed by atoms with Crippen molar-refractivity contribution >= 4 is 5.69 Å². The van der Waals surface area contributed by atoms with Crippen LogP contribution in [-0.4, -0.2) is 43.1 Å². The SMILES string of the molecule is CCCOCCn1ncc(NCCNC)cc1=O. The number of hydrogen-bond acceptors (Lipinski definition) is 5. The zero-order valence-corrected chi connectivity index (χ0v) is 11.1. The van der Waals surface area contributed by atoms with E-state index in [4.69, 9.17) is 4.74 Å². The van der Waals surface area contributed by atoms with Crippen molar-refractivity contribution in [3.05, 3.63) is 22.6 Å². The molecular formula is C12H22N4O2. The second kappa shape index (κ2) is 8.66. The molecule has 102 valence electrons. The van der Waals surface area contributed by atoms with Crippen molar-refractivity contribution in [2.24, 2.45) is 0 Å². The predicted octanol–water partition coefficient (Wildman–Crippen LogP) is 0.301. The molecule has 0 fully saturated rings. The molecule has 6 nitrogen and oxygen atoms in total. The van der Waals surface area contributed by atoms with Crippen LogP contribution < -0.4 is 16.2 Å². The summed E-state index contributed by atoms with van der Waals surface area (Å²) >= 11 is 0. The zero-order chi connectivity index (χ0) is 13.2. The molecule has 1 heterocycles. The molecule has 2 N–H and O–H groups in total. The summed E-state index contributed by atoms with van der Waals surface area (Å²) in [6.45, 7) is 5.40. The lowest BCUT2D eigenvalue weighted by atomic mass is 10.4. The normalized spacial score (nSPS) is 10.6. The van der Waals surface area contributed by atoms with Gasteiger partial charge in [-0.1, -0.05) is 6.92 Å². The minimum atomic E-state index is -0.107. The van der Waals surface area contributed by atoms with E-state index in [0.717, 1.165) is 31.8 Å². The monoisotopic (exact) mass is 254 g/mol. The average molecular weight is 254 g/mol. The van der Waals surface area contributed by atoms with E-state index in [1.54, 1.807) is 12.3 Å². The molecule has 0 unspecified atom stereocenters. The molecule has 18 heavy (non-hydrogen) atoms. The van der Waals surface area contributed by atoms with E-state index in [-0.39, 0.29) is 5.56 Å². The van der Waals surface area contributed by atoms with E-state index >= 15 is 0 Å². The third-order valence-electron chi connectivity index (χ3n) is 2.37. The fraction of sp³-hybridized carbons (Fsp3) is 0.667. The Morgan fingerprint density at radius 2 is 2.22 bits per heavy atom. The number of likely N-dealkylation sites (N-methyl/N-ethyl adjacent to an activating group) is 1. The Hall–Kier alpha value is -1.40. The highest BCUT2D eigenvalue weighted by Gasteiger charge is 1.99. The summed E-state index contributed by atoms with van der Waals surface area (Å²) in [5.41, 5.74) is 0.644. The van der Waals surface area contributed by atoms with Crippen LogP contribution in [0.4, 0.5) is 5.69 Å². The van der Waals surface area contributed by atoms with Crippen LogP contribution in [0.1, 0.15) is 13.3 Å². The zero-order valence-electron chi connectivity index (χ0n) is 11.1. The maximum Gasteiger partial charge on any atom is 0.268 e. The Kier molecular flexibility index (Phi) is 7.05. The van der Waals surface area contributed by atoms with E-state index in [1.807, 2.05) is 7.05 Å². The van der Waals surface area contributed by atoms with Gasteiger partial charge < -0.3 is 15.4 Å². The van der Waals surface area contributed by atoms with Crippen LogP contribution >= 0.6 is 0 Å². The minimum Gasteiger partial charge on any atom is -0.382 e. The minimum absolute atomic E-state index is 0.107. The summed E-state index contributed by atoms with van der Waals surface area (Å²) in [7, 11) is 1.88. The molecule has 0 saturated heterocycles. The molecule has 0 spiro atoms. The van der Waals surface area contributed by atoms with Crippen LogP contribution in [-0.2, 0) is 11.3 Å². The van der Waals surface area contributed by atoms with E-state index in [0.29, 0.717) is 13.2 Å². The van der Waals surface area contributed by atoms with E-state index < -0.39 is 0 Å². The Bertz CT molecular complexity index is 392. The summed E-state index contributed by atoms with van der Waals surface area (Å²) in [6, 6.07) is 1.56. The highest BCUT2D eigenvalue weighted by Crippen LogP contribution is 1.98. The highest BCUT2D eigenvalue weighted by molar-refractivity contribution is 5.38. The maximum atomic E-state index is 11.7. The summed E-state index contributed by atoms with van der Waals surface area (Å²) in [5.74, 6) is 0. The molecule has 0 aliphatic carbocycles. The van der Waals surface area contributed by atoms with Crippen LogP contribution in [0.15, 0.2) is 17.1 Å².